The van der Waals surface area contributed by atoms with E-state index in [1.54, 1.807) is 0 Å². The Morgan fingerprint density at radius 3 is 2.66 bits per heavy atom. The van der Waals surface area contributed by atoms with Crippen molar-refractivity contribution in [2.24, 2.45) is 5.92 Å². The molecule has 2 aliphatic rings. The van der Waals surface area contributed by atoms with Gasteiger partial charge in [-0.05, 0) is 31.4 Å². The van der Waals surface area contributed by atoms with Crippen LogP contribution in [0.4, 0.5) is 8.78 Å². The first kappa shape index (κ1) is 22.4. The van der Waals surface area contributed by atoms with Crippen LogP contribution in [-0.2, 0) is 9.53 Å². The summed E-state index contributed by atoms with van der Waals surface area (Å²) >= 11 is 0. The minimum atomic E-state index is -0.811. The fourth-order valence-corrected chi connectivity index (χ4v) is 4.76. The third-order valence-corrected chi connectivity index (χ3v) is 6.50. The van der Waals surface area contributed by atoms with Gasteiger partial charge in [-0.1, -0.05) is 24.4 Å². The molecule has 1 aromatic carbocycles. The van der Waals surface area contributed by atoms with Gasteiger partial charge in [-0.15, -0.1) is 0 Å². The number of aromatic nitrogens is 1. The first-order valence-electron chi connectivity index (χ1n) is 11.0. The number of methoxy groups -OCH3 is 1. The highest BCUT2D eigenvalue weighted by molar-refractivity contribution is 5.93. The van der Waals surface area contributed by atoms with Crippen LogP contribution in [0.25, 0.3) is 11.3 Å². The number of esters is 1. The number of halogens is 2. The topological polar surface area (TPSA) is 84.7 Å². The summed E-state index contributed by atoms with van der Waals surface area (Å²) in [5.41, 5.74) is -0.0340. The molecular formula is C23H27F2N3O4. The van der Waals surface area contributed by atoms with Gasteiger partial charge in [0, 0.05) is 37.3 Å². The Labute approximate surface area is 185 Å². The van der Waals surface area contributed by atoms with Crippen molar-refractivity contribution in [3.8, 4) is 11.3 Å². The largest absolute Gasteiger partial charge is 0.469 e. The maximum absolute atomic E-state index is 14.0. The van der Waals surface area contributed by atoms with Gasteiger partial charge in [0.15, 0.2) is 11.5 Å². The Hall–Kier alpha value is -2.81. The van der Waals surface area contributed by atoms with Crippen molar-refractivity contribution in [2.45, 2.75) is 50.6 Å². The number of hydrogen-bond acceptors (Lipinski definition) is 6. The van der Waals surface area contributed by atoms with Crippen LogP contribution in [0.3, 0.4) is 0 Å². The first-order chi connectivity index (χ1) is 15.5. The second kappa shape index (κ2) is 9.77. The van der Waals surface area contributed by atoms with Gasteiger partial charge in [-0.3, -0.25) is 14.5 Å². The van der Waals surface area contributed by atoms with Crippen LogP contribution < -0.4 is 5.32 Å². The third-order valence-electron chi connectivity index (χ3n) is 6.50. The van der Waals surface area contributed by atoms with Gasteiger partial charge in [0.05, 0.1) is 18.6 Å². The molecular weight excluding hydrogens is 420 g/mol. The van der Waals surface area contributed by atoms with Gasteiger partial charge in [-0.25, -0.2) is 8.78 Å². The zero-order valence-corrected chi connectivity index (χ0v) is 18.0. The van der Waals surface area contributed by atoms with Gasteiger partial charge in [0.2, 0.25) is 0 Å². The lowest BCUT2D eigenvalue weighted by atomic mass is 9.87. The lowest BCUT2D eigenvalue weighted by Gasteiger charge is -2.42. The van der Waals surface area contributed by atoms with Gasteiger partial charge in [0.1, 0.15) is 11.6 Å². The monoisotopic (exact) mass is 447 g/mol. The average Bonchev–Trinajstić information content (AvgIpc) is 3.29. The van der Waals surface area contributed by atoms with Crippen molar-refractivity contribution >= 4 is 11.9 Å². The number of nitrogens with one attached hydrogen (secondary N) is 1. The smallest absolute Gasteiger partial charge is 0.312 e. The molecule has 0 radical (unpaired) electrons. The predicted octanol–water partition coefficient (Wildman–Crippen LogP) is 3.55. The second-order valence-corrected chi connectivity index (χ2v) is 8.49. The summed E-state index contributed by atoms with van der Waals surface area (Å²) in [5.74, 6) is -2.87. The molecule has 1 aromatic heterocycles. The molecule has 1 aliphatic heterocycles. The van der Waals surface area contributed by atoms with E-state index in [9.17, 15) is 18.4 Å². The Balaban J connectivity index is 1.44. The minimum absolute atomic E-state index is 0.00572. The fraction of sp³-hybridized carbons (Fsp3) is 0.522. The number of likely N-dealkylation sites (tertiary alicyclic amines) is 1. The Kier molecular flexibility index (Phi) is 6.83. The van der Waals surface area contributed by atoms with E-state index in [1.807, 2.05) is 0 Å². The van der Waals surface area contributed by atoms with E-state index in [4.69, 9.17) is 9.26 Å². The molecule has 1 saturated heterocycles. The standard InChI is InChI=1S/C23H27F2N3O4/c1-31-23(30)17-13-28(15-5-3-2-4-6-15)10-9-19(17)26-22(29)20-12-21(32-27-20)16-8-7-14(24)11-18(16)25/h7-8,11-12,15,17,19H,2-6,9-10,13H2,1H3,(H,26,29)/t17-,19-/m1/s1. The molecule has 1 amide bonds. The number of benzene rings is 1. The predicted molar refractivity (Wildman–Crippen MR) is 112 cm³/mol. The summed E-state index contributed by atoms with van der Waals surface area (Å²) in [7, 11) is 1.35. The van der Waals surface area contributed by atoms with Crippen LogP contribution in [0.1, 0.15) is 49.0 Å². The van der Waals surface area contributed by atoms with Gasteiger partial charge in [0.25, 0.3) is 5.91 Å². The summed E-state index contributed by atoms with van der Waals surface area (Å²) in [6.45, 7) is 1.32. The van der Waals surface area contributed by atoms with Crippen molar-refractivity contribution in [2.75, 3.05) is 20.2 Å². The third kappa shape index (κ3) is 4.82. The highest BCUT2D eigenvalue weighted by Crippen LogP contribution is 2.29. The van der Waals surface area contributed by atoms with Crippen molar-refractivity contribution < 1.29 is 27.6 Å². The summed E-state index contributed by atoms with van der Waals surface area (Å²) in [4.78, 5) is 27.6. The van der Waals surface area contributed by atoms with E-state index >= 15 is 0 Å². The molecule has 1 N–H and O–H groups in total. The van der Waals surface area contributed by atoms with Gasteiger partial charge >= 0.3 is 5.97 Å². The number of piperidine rings is 1. The number of rotatable bonds is 5. The van der Waals surface area contributed by atoms with E-state index in [0.29, 0.717) is 19.0 Å². The molecule has 2 aromatic rings. The zero-order valence-electron chi connectivity index (χ0n) is 18.0. The van der Waals surface area contributed by atoms with E-state index in [2.05, 4.69) is 15.4 Å². The van der Waals surface area contributed by atoms with Crippen LogP contribution in [-0.4, -0.2) is 54.2 Å². The number of hydrogen-bond donors (Lipinski definition) is 1. The van der Waals surface area contributed by atoms with E-state index < -0.39 is 29.5 Å². The average molecular weight is 447 g/mol. The molecule has 0 spiro atoms. The molecule has 2 fully saturated rings. The molecule has 4 rings (SSSR count). The van der Waals surface area contributed by atoms with Crippen LogP contribution in [0.5, 0.6) is 0 Å². The SMILES string of the molecule is COC(=O)[C@@H]1CN(C2CCCCC2)CC[C@H]1NC(=O)c1cc(-c2ccc(F)cc2F)on1. The lowest BCUT2D eigenvalue weighted by molar-refractivity contribution is -0.148. The number of ether oxygens (including phenoxy) is 1. The number of nitrogens with zero attached hydrogens (tertiary/aromatic N) is 2. The molecule has 32 heavy (non-hydrogen) atoms. The number of amides is 1. The Bertz CT molecular complexity index is 974. The Morgan fingerprint density at radius 1 is 1.16 bits per heavy atom. The van der Waals surface area contributed by atoms with E-state index in [-0.39, 0.29) is 23.0 Å². The van der Waals surface area contributed by atoms with E-state index in [1.165, 1.54) is 38.5 Å². The summed E-state index contributed by atoms with van der Waals surface area (Å²) in [6, 6.07) is 4.42. The van der Waals surface area contributed by atoms with Crippen LogP contribution >= 0.6 is 0 Å². The number of carbonyl (C=O) groups is 2. The molecule has 0 bridgehead atoms. The summed E-state index contributed by atoms with van der Waals surface area (Å²) in [5, 5.41) is 6.60. The van der Waals surface area contributed by atoms with Crippen LogP contribution in [0, 0.1) is 17.6 Å². The zero-order chi connectivity index (χ0) is 22.7. The Morgan fingerprint density at radius 2 is 1.94 bits per heavy atom. The molecule has 172 valence electrons. The normalized spacial score (nSPS) is 22.5. The molecule has 1 aliphatic carbocycles. The highest BCUT2D eigenvalue weighted by Gasteiger charge is 2.38. The molecule has 9 heteroatoms. The van der Waals surface area contributed by atoms with Gasteiger partial charge < -0.3 is 14.6 Å². The second-order valence-electron chi connectivity index (χ2n) is 8.49. The molecule has 2 atom stereocenters. The van der Waals surface area contributed by atoms with E-state index in [0.717, 1.165) is 31.5 Å². The molecule has 7 nitrogen and oxygen atoms in total. The van der Waals surface area contributed by atoms with Crippen molar-refractivity contribution in [3.05, 3.63) is 41.6 Å². The van der Waals surface area contributed by atoms with Crippen LogP contribution in [0.2, 0.25) is 0 Å². The number of carbonyl (C=O) groups excluding carboxylic acids is 2. The summed E-state index contributed by atoms with van der Waals surface area (Å²) < 4.78 is 37.3. The summed E-state index contributed by atoms with van der Waals surface area (Å²) in [6.07, 6.45) is 6.53. The minimum Gasteiger partial charge on any atom is -0.469 e. The first-order valence-corrected chi connectivity index (χ1v) is 11.0. The molecule has 2 heterocycles. The molecule has 1 saturated carbocycles. The molecule has 0 unspecified atom stereocenters. The quantitative estimate of drug-likeness (QED) is 0.706. The van der Waals surface area contributed by atoms with Crippen molar-refractivity contribution in [1.82, 2.24) is 15.4 Å². The fourth-order valence-electron chi connectivity index (χ4n) is 4.76. The maximum atomic E-state index is 14.0. The van der Waals surface area contributed by atoms with Crippen molar-refractivity contribution in [1.29, 1.82) is 0 Å². The van der Waals surface area contributed by atoms with Gasteiger partial charge in [-0.2, -0.15) is 0 Å². The lowest BCUT2D eigenvalue weighted by Crippen LogP contribution is -2.56. The van der Waals surface area contributed by atoms with Crippen molar-refractivity contribution in [3.63, 3.8) is 0 Å². The maximum Gasteiger partial charge on any atom is 0.312 e. The highest BCUT2D eigenvalue weighted by atomic mass is 19.1. The van der Waals surface area contributed by atoms with Crippen LogP contribution in [0.15, 0.2) is 28.8 Å².